The Balaban J connectivity index is 1.67. The van der Waals surface area contributed by atoms with Gasteiger partial charge in [-0.2, -0.15) is 0 Å². The van der Waals surface area contributed by atoms with Crippen molar-refractivity contribution in [3.05, 3.63) is 66.2 Å². The number of carboxylic acid groups (broad SMARTS) is 1. The van der Waals surface area contributed by atoms with E-state index < -0.39 is 5.97 Å². The first-order valence-corrected chi connectivity index (χ1v) is 9.79. The molecule has 1 aliphatic heterocycles. The fraction of sp³-hybridized carbons (Fsp3) is 0.261. The average Bonchev–Trinajstić information content (AvgIpc) is 2.75. The lowest BCUT2D eigenvalue weighted by Gasteiger charge is -2.34. The van der Waals surface area contributed by atoms with Crippen molar-refractivity contribution in [1.29, 1.82) is 0 Å². The van der Waals surface area contributed by atoms with Crippen LogP contribution in [-0.4, -0.2) is 58.7 Å². The molecule has 0 atom stereocenters. The molecule has 0 unspecified atom stereocenters. The molecule has 0 aliphatic carbocycles. The number of piperazine rings is 1. The van der Waals surface area contributed by atoms with Crippen LogP contribution in [0.5, 0.6) is 0 Å². The molecule has 2 heterocycles. The Labute approximate surface area is 170 Å². The number of aryl methyl sites for hydroxylation is 1. The molecule has 148 valence electrons. The molecule has 0 spiro atoms. The van der Waals surface area contributed by atoms with Gasteiger partial charge in [-0.3, -0.25) is 9.69 Å². The summed E-state index contributed by atoms with van der Waals surface area (Å²) in [4.78, 5) is 24.8. The SMILES string of the molecule is Cc1ccc(-c2nc(-c3ccccc3)cc(N3CCN(CC(=O)O)CC3)n2)cc1. The number of carbonyl (C=O) groups is 1. The molecule has 0 radical (unpaired) electrons. The van der Waals surface area contributed by atoms with E-state index in [1.807, 2.05) is 41.3 Å². The minimum Gasteiger partial charge on any atom is -0.480 e. The second kappa shape index (κ2) is 8.41. The third kappa shape index (κ3) is 4.60. The van der Waals surface area contributed by atoms with Gasteiger partial charge in [-0.25, -0.2) is 9.97 Å². The van der Waals surface area contributed by atoms with Gasteiger partial charge < -0.3 is 10.0 Å². The van der Waals surface area contributed by atoms with Gasteiger partial charge in [0.1, 0.15) is 5.82 Å². The minimum atomic E-state index is -0.784. The second-order valence-electron chi connectivity index (χ2n) is 7.32. The van der Waals surface area contributed by atoms with Gasteiger partial charge >= 0.3 is 5.97 Å². The molecule has 1 N–H and O–H groups in total. The van der Waals surface area contributed by atoms with Crippen molar-refractivity contribution in [2.45, 2.75) is 6.92 Å². The lowest BCUT2D eigenvalue weighted by Crippen LogP contribution is -2.48. The zero-order valence-electron chi connectivity index (χ0n) is 16.5. The zero-order valence-corrected chi connectivity index (χ0v) is 16.5. The summed E-state index contributed by atoms with van der Waals surface area (Å²) in [5.74, 6) is 0.798. The number of rotatable bonds is 5. The van der Waals surface area contributed by atoms with E-state index in [1.54, 1.807) is 0 Å². The van der Waals surface area contributed by atoms with Gasteiger partial charge in [0, 0.05) is 43.4 Å². The predicted octanol–water partition coefficient (Wildman–Crippen LogP) is 3.33. The van der Waals surface area contributed by atoms with E-state index in [-0.39, 0.29) is 6.54 Å². The number of benzene rings is 2. The van der Waals surface area contributed by atoms with Gasteiger partial charge in [0.15, 0.2) is 5.82 Å². The second-order valence-corrected chi connectivity index (χ2v) is 7.32. The summed E-state index contributed by atoms with van der Waals surface area (Å²) >= 11 is 0. The number of nitrogens with zero attached hydrogens (tertiary/aromatic N) is 4. The maximum absolute atomic E-state index is 11.0. The van der Waals surface area contributed by atoms with E-state index in [4.69, 9.17) is 15.1 Å². The van der Waals surface area contributed by atoms with Gasteiger partial charge in [-0.15, -0.1) is 0 Å². The number of carboxylic acids is 1. The fourth-order valence-corrected chi connectivity index (χ4v) is 3.51. The van der Waals surface area contributed by atoms with Crippen LogP contribution in [-0.2, 0) is 4.79 Å². The van der Waals surface area contributed by atoms with Gasteiger partial charge in [0.25, 0.3) is 0 Å². The van der Waals surface area contributed by atoms with E-state index >= 15 is 0 Å². The lowest BCUT2D eigenvalue weighted by atomic mass is 10.1. The Hall–Kier alpha value is -3.25. The molecule has 1 fully saturated rings. The highest BCUT2D eigenvalue weighted by atomic mass is 16.4. The number of anilines is 1. The summed E-state index contributed by atoms with van der Waals surface area (Å²) in [5.41, 5.74) is 4.12. The lowest BCUT2D eigenvalue weighted by molar-refractivity contribution is -0.138. The molecule has 3 aromatic rings. The number of aliphatic carboxylic acids is 1. The summed E-state index contributed by atoms with van der Waals surface area (Å²) in [6, 6.07) is 20.4. The molecule has 6 heteroatoms. The van der Waals surface area contributed by atoms with Crippen LogP contribution in [0, 0.1) is 6.92 Å². The van der Waals surface area contributed by atoms with E-state index in [2.05, 4.69) is 36.1 Å². The smallest absolute Gasteiger partial charge is 0.317 e. The maximum Gasteiger partial charge on any atom is 0.317 e. The molecule has 0 saturated carbocycles. The maximum atomic E-state index is 11.0. The van der Waals surface area contributed by atoms with Crippen molar-refractivity contribution >= 4 is 11.8 Å². The van der Waals surface area contributed by atoms with Crippen LogP contribution >= 0.6 is 0 Å². The average molecular weight is 388 g/mol. The van der Waals surface area contributed by atoms with Crippen molar-refractivity contribution in [2.75, 3.05) is 37.6 Å². The monoisotopic (exact) mass is 388 g/mol. The first-order valence-electron chi connectivity index (χ1n) is 9.79. The quantitative estimate of drug-likeness (QED) is 0.723. The van der Waals surface area contributed by atoms with Crippen molar-refractivity contribution in [2.24, 2.45) is 0 Å². The van der Waals surface area contributed by atoms with E-state index in [9.17, 15) is 4.79 Å². The molecule has 1 saturated heterocycles. The van der Waals surface area contributed by atoms with Crippen molar-refractivity contribution < 1.29 is 9.90 Å². The van der Waals surface area contributed by atoms with Crippen LogP contribution in [0.2, 0.25) is 0 Å². The molecule has 0 amide bonds. The zero-order chi connectivity index (χ0) is 20.2. The summed E-state index contributed by atoms with van der Waals surface area (Å²) in [6.45, 7) is 5.04. The van der Waals surface area contributed by atoms with Crippen LogP contribution < -0.4 is 4.90 Å². The standard InChI is InChI=1S/C23H24N4O2/c1-17-7-9-19(10-8-17)23-24-20(18-5-3-2-4-6-18)15-21(25-23)27-13-11-26(12-14-27)16-22(28)29/h2-10,15H,11-14,16H2,1H3,(H,28,29). The Kier molecular flexibility index (Phi) is 5.53. The van der Waals surface area contributed by atoms with E-state index in [0.717, 1.165) is 35.7 Å². The molecular formula is C23H24N4O2. The topological polar surface area (TPSA) is 69.6 Å². The third-order valence-electron chi connectivity index (χ3n) is 5.15. The molecule has 1 aliphatic rings. The molecular weight excluding hydrogens is 364 g/mol. The summed E-state index contributed by atoms with van der Waals surface area (Å²) in [5, 5.41) is 9.02. The van der Waals surface area contributed by atoms with Crippen molar-refractivity contribution in [3.63, 3.8) is 0 Å². The highest BCUT2D eigenvalue weighted by Gasteiger charge is 2.21. The molecule has 0 bridgehead atoms. The van der Waals surface area contributed by atoms with E-state index in [0.29, 0.717) is 18.9 Å². The Morgan fingerprint density at radius 2 is 1.62 bits per heavy atom. The molecule has 4 rings (SSSR count). The van der Waals surface area contributed by atoms with E-state index in [1.165, 1.54) is 5.56 Å². The van der Waals surface area contributed by atoms with Gasteiger partial charge in [0.2, 0.25) is 0 Å². The number of hydrogen-bond acceptors (Lipinski definition) is 5. The van der Waals surface area contributed by atoms with Gasteiger partial charge in [0.05, 0.1) is 12.2 Å². The summed E-state index contributed by atoms with van der Waals surface area (Å²) in [7, 11) is 0. The van der Waals surface area contributed by atoms with Crippen LogP contribution in [0.25, 0.3) is 22.6 Å². The van der Waals surface area contributed by atoms with Crippen LogP contribution in [0.15, 0.2) is 60.7 Å². The Morgan fingerprint density at radius 3 is 2.28 bits per heavy atom. The van der Waals surface area contributed by atoms with Crippen LogP contribution in [0.4, 0.5) is 5.82 Å². The van der Waals surface area contributed by atoms with Gasteiger partial charge in [-0.05, 0) is 6.92 Å². The van der Waals surface area contributed by atoms with Crippen LogP contribution in [0.3, 0.4) is 0 Å². The normalized spacial score (nSPS) is 14.7. The van der Waals surface area contributed by atoms with Crippen molar-refractivity contribution in [1.82, 2.24) is 14.9 Å². The van der Waals surface area contributed by atoms with Crippen LogP contribution in [0.1, 0.15) is 5.56 Å². The Bertz CT molecular complexity index is 982. The number of hydrogen-bond donors (Lipinski definition) is 1. The molecule has 2 aromatic carbocycles. The first-order chi connectivity index (χ1) is 14.1. The number of aromatic nitrogens is 2. The third-order valence-corrected chi connectivity index (χ3v) is 5.15. The largest absolute Gasteiger partial charge is 0.480 e. The summed E-state index contributed by atoms with van der Waals surface area (Å²) in [6.07, 6.45) is 0. The van der Waals surface area contributed by atoms with Gasteiger partial charge in [-0.1, -0.05) is 60.2 Å². The fourth-order valence-electron chi connectivity index (χ4n) is 3.51. The highest BCUT2D eigenvalue weighted by Crippen LogP contribution is 2.27. The summed E-state index contributed by atoms with van der Waals surface area (Å²) < 4.78 is 0. The Morgan fingerprint density at radius 1 is 0.931 bits per heavy atom. The molecule has 29 heavy (non-hydrogen) atoms. The predicted molar refractivity (Wildman–Crippen MR) is 114 cm³/mol. The van der Waals surface area contributed by atoms with Crippen molar-refractivity contribution in [3.8, 4) is 22.6 Å². The molecule has 6 nitrogen and oxygen atoms in total. The molecule has 1 aromatic heterocycles. The first kappa shape index (κ1) is 19.1. The highest BCUT2D eigenvalue weighted by molar-refractivity contribution is 5.69. The minimum absolute atomic E-state index is 0.0848.